The van der Waals surface area contributed by atoms with Gasteiger partial charge in [0.1, 0.15) is 0 Å². The second kappa shape index (κ2) is 10.2. The summed E-state index contributed by atoms with van der Waals surface area (Å²) in [4.78, 5) is 18.6. The first-order chi connectivity index (χ1) is 14.4. The van der Waals surface area contributed by atoms with E-state index in [1.807, 2.05) is 41.8 Å². The molecule has 3 rings (SSSR count). The molecule has 1 aliphatic heterocycles. The van der Waals surface area contributed by atoms with Crippen LogP contribution < -0.4 is 0 Å². The van der Waals surface area contributed by atoms with Gasteiger partial charge in [-0.05, 0) is 31.9 Å². The quantitative estimate of drug-likeness (QED) is 0.566. The van der Waals surface area contributed by atoms with Crippen LogP contribution in [0.1, 0.15) is 50.8 Å². The van der Waals surface area contributed by atoms with E-state index < -0.39 is 9.84 Å². The molecule has 0 amide bonds. The Labute approximate surface area is 179 Å². The number of carbonyl (C=O) groups excluding carboxylic acids is 1. The number of carbonyl (C=O) groups is 1. The van der Waals surface area contributed by atoms with Gasteiger partial charge in [-0.15, -0.1) is 0 Å². The molecule has 7 nitrogen and oxygen atoms in total. The lowest BCUT2D eigenvalue weighted by atomic mass is 9.99. The van der Waals surface area contributed by atoms with Gasteiger partial charge in [-0.2, -0.15) is 0 Å². The van der Waals surface area contributed by atoms with Crippen LogP contribution in [-0.2, 0) is 32.5 Å². The summed E-state index contributed by atoms with van der Waals surface area (Å²) in [5.41, 5.74) is 1.87. The van der Waals surface area contributed by atoms with Gasteiger partial charge < -0.3 is 9.30 Å². The van der Waals surface area contributed by atoms with E-state index in [1.165, 1.54) is 0 Å². The molecule has 2 aromatic rings. The lowest BCUT2D eigenvalue weighted by molar-refractivity contribution is -0.145. The van der Waals surface area contributed by atoms with Crippen LogP contribution in [0.25, 0.3) is 0 Å². The number of benzene rings is 1. The van der Waals surface area contributed by atoms with Crippen molar-refractivity contribution in [3.05, 3.63) is 47.8 Å². The third-order valence-corrected chi connectivity index (χ3v) is 7.21. The minimum Gasteiger partial charge on any atom is -0.466 e. The molecule has 0 aliphatic carbocycles. The van der Waals surface area contributed by atoms with Crippen molar-refractivity contribution in [1.29, 1.82) is 0 Å². The van der Waals surface area contributed by atoms with E-state index in [4.69, 9.17) is 4.74 Å². The van der Waals surface area contributed by atoms with Crippen molar-refractivity contribution in [3.8, 4) is 0 Å². The largest absolute Gasteiger partial charge is 0.466 e. The Bertz CT molecular complexity index is 941. The molecule has 1 saturated heterocycles. The van der Waals surface area contributed by atoms with Crippen molar-refractivity contribution >= 4 is 15.8 Å². The van der Waals surface area contributed by atoms with Crippen molar-refractivity contribution in [3.63, 3.8) is 0 Å². The van der Waals surface area contributed by atoms with Gasteiger partial charge >= 0.3 is 5.97 Å². The fourth-order valence-corrected chi connectivity index (χ4v) is 4.94. The Morgan fingerprint density at radius 1 is 1.17 bits per heavy atom. The van der Waals surface area contributed by atoms with Crippen LogP contribution in [0.4, 0.5) is 0 Å². The number of likely N-dealkylation sites (tertiary alicyclic amines) is 1. The molecule has 8 heteroatoms. The van der Waals surface area contributed by atoms with Crippen LogP contribution in [0.2, 0.25) is 0 Å². The summed E-state index contributed by atoms with van der Waals surface area (Å²) in [6.07, 6.45) is 5.11. The van der Waals surface area contributed by atoms with Gasteiger partial charge in [0, 0.05) is 12.6 Å². The highest BCUT2D eigenvalue weighted by Gasteiger charge is 2.28. The van der Waals surface area contributed by atoms with Gasteiger partial charge in [-0.1, -0.05) is 43.7 Å². The maximum atomic E-state index is 12.6. The van der Waals surface area contributed by atoms with Gasteiger partial charge in [0.05, 0.1) is 37.2 Å². The topological polar surface area (TPSA) is 81.5 Å². The van der Waals surface area contributed by atoms with E-state index in [-0.39, 0.29) is 22.9 Å². The minimum absolute atomic E-state index is 0.00738. The molecular weight excluding hydrogens is 402 g/mol. The minimum atomic E-state index is -3.45. The van der Waals surface area contributed by atoms with E-state index in [0.29, 0.717) is 26.1 Å². The molecule has 1 aromatic heterocycles. The first-order valence-electron chi connectivity index (χ1n) is 10.6. The number of hydrogen-bond acceptors (Lipinski definition) is 6. The summed E-state index contributed by atoms with van der Waals surface area (Å²) in [6.45, 7) is 5.71. The molecule has 2 heterocycles. The number of ether oxygens (including phenoxy) is 1. The maximum absolute atomic E-state index is 12.6. The van der Waals surface area contributed by atoms with Crippen molar-refractivity contribution < 1.29 is 17.9 Å². The molecular formula is C22H31N3O4S. The zero-order chi connectivity index (χ0) is 21.6. The highest BCUT2D eigenvalue weighted by Crippen LogP contribution is 2.24. The van der Waals surface area contributed by atoms with E-state index >= 15 is 0 Å². The number of esters is 1. The Kier molecular flexibility index (Phi) is 7.66. The molecule has 1 aliphatic rings. The van der Waals surface area contributed by atoms with Crippen LogP contribution in [-0.4, -0.2) is 53.8 Å². The average Bonchev–Trinajstić information content (AvgIpc) is 3.13. The number of piperidine rings is 1. The first-order valence-corrected chi connectivity index (χ1v) is 12.3. The number of sulfone groups is 1. The van der Waals surface area contributed by atoms with E-state index in [9.17, 15) is 13.2 Å². The molecule has 30 heavy (non-hydrogen) atoms. The number of hydrogen-bond donors (Lipinski definition) is 0. The molecule has 0 unspecified atom stereocenters. The smallest absolute Gasteiger partial charge is 0.307 e. The monoisotopic (exact) mass is 433 g/mol. The lowest BCUT2D eigenvalue weighted by Gasteiger charge is -2.35. The van der Waals surface area contributed by atoms with E-state index in [2.05, 4.69) is 9.88 Å². The maximum Gasteiger partial charge on any atom is 0.307 e. The summed E-state index contributed by atoms with van der Waals surface area (Å²) >= 11 is 0. The van der Waals surface area contributed by atoms with Crippen LogP contribution >= 0.6 is 0 Å². The normalized spacial score (nSPS) is 17.7. The van der Waals surface area contributed by atoms with Gasteiger partial charge in [0.15, 0.2) is 0 Å². The van der Waals surface area contributed by atoms with Crippen molar-refractivity contribution in [2.45, 2.75) is 63.8 Å². The van der Waals surface area contributed by atoms with Gasteiger partial charge in [0.25, 0.3) is 0 Å². The average molecular weight is 434 g/mol. The molecule has 0 spiro atoms. The highest BCUT2D eigenvalue weighted by atomic mass is 32.2. The molecule has 1 atom stereocenters. The molecule has 164 valence electrons. The fourth-order valence-electron chi connectivity index (χ4n) is 3.95. The summed E-state index contributed by atoms with van der Waals surface area (Å²) in [5.74, 6) is -0.172. The Morgan fingerprint density at radius 2 is 1.93 bits per heavy atom. The van der Waals surface area contributed by atoms with Crippen LogP contribution in [0, 0.1) is 0 Å². The van der Waals surface area contributed by atoms with Crippen LogP contribution in [0.15, 0.2) is 41.7 Å². The van der Waals surface area contributed by atoms with Crippen LogP contribution in [0.3, 0.4) is 0 Å². The van der Waals surface area contributed by atoms with Gasteiger partial charge in [0.2, 0.25) is 15.0 Å². The Hall–Kier alpha value is -2.19. The molecule has 0 saturated carbocycles. The first kappa shape index (κ1) is 22.5. The van der Waals surface area contributed by atoms with Crippen molar-refractivity contribution in [1.82, 2.24) is 14.5 Å². The zero-order valence-corrected chi connectivity index (χ0v) is 18.6. The summed E-state index contributed by atoms with van der Waals surface area (Å²) < 4.78 is 32.2. The molecule has 1 fully saturated rings. The number of imidazole rings is 1. The standard InChI is InChI=1S/C22H31N3O4S/c1-3-29-21(26)14-19-12-8-9-13-24(19)17-20-15-23-22(30(27,28)4-2)25(20)16-18-10-6-5-7-11-18/h5-7,10-11,15,19H,3-4,8-9,12-14,16-17H2,1-2H3/t19-/m1/s1. The second-order valence-electron chi connectivity index (χ2n) is 7.64. The van der Waals surface area contributed by atoms with Gasteiger partial charge in [-0.25, -0.2) is 13.4 Å². The summed E-state index contributed by atoms with van der Waals surface area (Å²) in [6, 6.07) is 9.90. The number of aromatic nitrogens is 2. The predicted molar refractivity (Wildman–Crippen MR) is 115 cm³/mol. The van der Waals surface area contributed by atoms with Crippen LogP contribution in [0.5, 0.6) is 0 Å². The Balaban J connectivity index is 1.87. The van der Waals surface area contributed by atoms with Crippen molar-refractivity contribution in [2.24, 2.45) is 0 Å². The molecule has 1 aromatic carbocycles. The third kappa shape index (κ3) is 5.49. The molecule has 0 radical (unpaired) electrons. The predicted octanol–water partition coefficient (Wildman–Crippen LogP) is 3.03. The number of rotatable bonds is 9. The van der Waals surface area contributed by atoms with Crippen molar-refractivity contribution in [2.75, 3.05) is 18.9 Å². The van der Waals surface area contributed by atoms with Gasteiger partial charge in [-0.3, -0.25) is 9.69 Å². The SMILES string of the molecule is CCOC(=O)C[C@H]1CCCCN1Cc1cnc(S(=O)(=O)CC)n1Cc1ccccc1. The lowest BCUT2D eigenvalue weighted by Crippen LogP contribution is -2.41. The molecule has 0 N–H and O–H groups in total. The Morgan fingerprint density at radius 3 is 2.63 bits per heavy atom. The third-order valence-electron chi connectivity index (χ3n) is 5.57. The number of nitrogens with zero attached hydrogens (tertiary/aromatic N) is 3. The summed E-state index contributed by atoms with van der Waals surface area (Å²) in [5, 5.41) is 0.114. The second-order valence-corrected chi connectivity index (χ2v) is 9.81. The molecule has 0 bridgehead atoms. The fraction of sp³-hybridized carbons (Fsp3) is 0.545. The zero-order valence-electron chi connectivity index (χ0n) is 17.8. The van der Waals surface area contributed by atoms with E-state index in [0.717, 1.165) is 37.1 Å². The highest BCUT2D eigenvalue weighted by molar-refractivity contribution is 7.91. The van der Waals surface area contributed by atoms with E-state index in [1.54, 1.807) is 13.1 Å². The summed E-state index contributed by atoms with van der Waals surface area (Å²) in [7, 11) is -3.45.